The fourth-order valence-corrected chi connectivity index (χ4v) is 5.65. The van der Waals surface area contributed by atoms with Gasteiger partial charge in [0.15, 0.2) is 0 Å². The van der Waals surface area contributed by atoms with Gasteiger partial charge in [0.25, 0.3) is 0 Å². The molecular formula is C27H36O5. The minimum absolute atomic E-state index is 0.0291. The molecule has 0 amide bonds. The average molecular weight is 441 g/mol. The number of hydrogen-bond acceptors (Lipinski definition) is 5. The number of fused-ring (bicyclic) bond motifs is 1. The van der Waals surface area contributed by atoms with Gasteiger partial charge in [0.05, 0.1) is 5.56 Å². The SMILES string of the molecule is COCOC(C)(C)C#CC(=O)[C@@H](C)[C@H]1CC[C@@H]2[C@@H](OC(=O)c3ccccc3)CCC[C@@]21C. The Morgan fingerprint density at radius 1 is 1.19 bits per heavy atom. The van der Waals surface area contributed by atoms with Crippen molar-refractivity contribution in [1.29, 1.82) is 0 Å². The number of ether oxygens (including phenoxy) is 3. The van der Waals surface area contributed by atoms with Crippen molar-refractivity contribution in [3.63, 3.8) is 0 Å². The third kappa shape index (κ3) is 5.42. The molecule has 5 nitrogen and oxygen atoms in total. The lowest BCUT2D eigenvalue weighted by Gasteiger charge is -2.45. The molecular weight excluding hydrogens is 404 g/mol. The topological polar surface area (TPSA) is 61.8 Å². The maximum Gasteiger partial charge on any atom is 0.338 e. The molecule has 2 aliphatic carbocycles. The lowest BCUT2D eigenvalue weighted by atomic mass is 9.61. The molecule has 2 aliphatic rings. The molecule has 0 aromatic heterocycles. The number of hydrogen-bond donors (Lipinski definition) is 0. The zero-order valence-corrected chi connectivity index (χ0v) is 20.0. The molecule has 5 heteroatoms. The van der Waals surface area contributed by atoms with E-state index in [0.29, 0.717) is 5.56 Å². The number of esters is 1. The Bertz CT molecular complexity index is 865. The van der Waals surface area contributed by atoms with Gasteiger partial charge < -0.3 is 14.2 Å². The summed E-state index contributed by atoms with van der Waals surface area (Å²) in [5.74, 6) is 5.84. The average Bonchev–Trinajstić information content (AvgIpc) is 3.14. The summed E-state index contributed by atoms with van der Waals surface area (Å²) in [6.07, 6.45) is 4.77. The molecule has 2 fully saturated rings. The van der Waals surface area contributed by atoms with Crippen molar-refractivity contribution >= 4 is 11.8 Å². The van der Waals surface area contributed by atoms with E-state index in [1.807, 2.05) is 39.0 Å². The van der Waals surface area contributed by atoms with Gasteiger partial charge in [0.1, 0.15) is 18.5 Å². The van der Waals surface area contributed by atoms with E-state index in [-0.39, 0.29) is 47.8 Å². The van der Waals surface area contributed by atoms with Crippen molar-refractivity contribution in [3.8, 4) is 11.8 Å². The van der Waals surface area contributed by atoms with Gasteiger partial charge in [-0.3, -0.25) is 4.79 Å². The van der Waals surface area contributed by atoms with E-state index in [1.54, 1.807) is 19.2 Å². The quantitative estimate of drug-likeness (QED) is 0.257. The molecule has 0 aliphatic heterocycles. The molecule has 2 saturated carbocycles. The molecule has 0 heterocycles. The van der Waals surface area contributed by atoms with Crippen LogP contribution in [-0.2, 0) is 19.0 Å². The molecule has 0 N–H and O–H groups in total. The molecule has 0 radical (unpaired) electrons. The van der Waals surface area contributed by atoms with Crippen molar-refractivity contribution in [3.05, 3.63) is 35.9 Å². The second kappa shape index (κ2) is 10.2. The monoisotopic (exact) mass is 440 g/mol. The van der Waals surface area contributed by atoms with E-state index in [2.05, 4.69) is 18.8 Å². The van der Waals surface area contributed by atoms with Crippen LogP contribution in [-0.4, -0.2) is 37.4 Å². The van der Waals surface area contributed by atoms with Crippen LogP contribution in [0.5, 0.6) is 0 Å². The molecule has 5 atom stereocenters. The molecule has 32 heavy (non-hydrogen) atoms. The number of rotatable bonds is 7. The van der Waals surface area contributed by atoms with E-state index >= 15 is 0 Å². The van der Waals surface area contributed by atoms with E-state index in [4.69, 9.17) is 14.2 Å². The predicted octanol–water partition coefficient (Wildman–Crippen LogP) is 5.04. The second-order valence-corrected chi connectivity index (χ2v) is 9.96. The molecule has 0 unspecified atom stereocenters. The largest absolute Gasteiger partial charge is 0.458 e. The number of methoxy groups -OCH3 is 1. The van der Waals surface area contributed by atoms with Crippen LogP contribution in [0.1, 0.15) is 70.2 Å². The Morgan fingerprint density at radius 3 is 2.59 bits per heavy atom. The van der Waals surface area contributed by atoms with Gasteiger partial charge in [-0.15, -0.1) is 0 Å². The first-order valence-corrected chi connectivity index (χ1v) is 11.6. The van der Waals surface area contributed by atoms with Crippen LogP contribution in [0.4, 0.5) is 0 Å². The van der Waals surface area contributed by atoms with Crippen molar-refractivity contribution in [2.24, 2.45) is 23.2 Å². The van der Waals surface area contributed by atoms with E-state index in [9.17, 15) is 9.59 Å². The van der Waals surface area contributed by atoms with E-state index < -0.39 is 5.60 Å². The zero-order valence-electron chi connectivity index (χ0n) is 20.0. The van der Waals surface area contributed by atoms with Crippen LogP contribution in [0.15, 0.2) is 30.3 Å². The summed E-state index contributed by atoms with van der Waals surface area (Å²) >= 11 is 0. The molecule has 3 rings (SSSR count). The fourth-order valence-electron chi connectivity index (χ4n) is 5.65. The van der Waals surface area contributed by atoms with Crippen molar-refractivity contribution in [2.45, 2.75) is 71.5 Å². The van der Waals surface area contributed by atoms with Crippen LogP contribution in [0.3, 0.4) is 0 Å². The lowest BCUT2D eigenvalue weighted by Crippen LogP contribution is -2.44. The van der Waals surface area contributed by atoms with Crippen LogP contribution in [0, 0.1) is 35.0 Å². The predicted molar refractivity (Wildman–Crippen MR) is 123 cm³/mol. The highest BCUT2D eigenvalue weighted by molar-refractivity contribution is 5.97. The Hall–Kier alpha value is -2.16. The lowest BCUT2D eigenvalue weighted by molar-refractivity contribution is -0.121. The summed E-state index contributed by atoms with van der Waals surface area (Å²) in [6, 6.07) is 9.17. The highest BCUT2D eigenvalue weighted by atomic mass is 16.7. The number of ketones is 1. The number of Topliss-reactive ketones (excluding diaryl/α,β-unsaturated/α-hetero) is 1. The van der Waals surface area contributed by atoms with Gasteiger partial charge in [0.2, 0.25) is 5.78 Å². The van der Waals surface area contributed by atoms with Gasteiger partial charge in [-0.1, -0.05) is 38.0 Å². The zero-order chi connectivity index (χ0) is 23.4. The first-order valence-electron chi connectivity index (χ1n) is 11.6. The third-order valence-corrected chi connectivity index (χ3v) is 7.45. The molecule has 0 saturated heterocycles. The molecule has 1 aromatic carbocycles. The summed E-state index contributed by atoms with van der Waals surface area (Å²) in [5.41, 5.74) is -0.181. The summed E-state index contributed by atoms with van der Waals surface area (Å²) in [4.78, 5) is 25.6. The van der Waals surface area contributed by atoms with E-state index in [1.165, 1.54) is 0 Å². The van der Waals surface area contributed by atoms with Crippen LogP contribution in [0.25, 0.3) is 0 Å². The van der Waals surface area contributed by atoms with Gasteiger partial charge in [-0.25, -0.2) is 4.79 Å². The molecule has 0 spiro atoms. The fraction of sp³-hybridized carbons (Fsp3) is 0.630. The maximum atomic E-state index is 13.0. The van der Waals surface area contributed by atoms with Gasteiger partial charge in [0, 0.05) is 18.9 Å². The van der Waals surface area contributed by atoms with E-state index in [0.717, 1.165) is 32.1 Å². The van der Waals surface area contributed by atoms with Crippen LogP contribution >= 0.6 is 0 Å². The molecule has 0 bridgehead atoms. The summed E-state index contributed by atoms with van der Waals surface area (Å²) in [5, 5.41) is 0. The first kappa shape index (κ1) is 24.5. The molecule has 1 aromatic rings. The summed E-state index contributed by atoms with van der Waals surface area (Å²) in [7, 11) is 1.56. The number of benzene rings is 1. The van der Waals surface area contributed by atoms with Crippen molar-refractivity contribution in [1.82, 2.24) is 0 Å². The standard InChI is InChI=1S/C27H36O5/c1-19(23(28)15-17-26(2,3)31-18-30-5)21-13-14-22-24(12-9-16-27(21,22)4)32-25(29)20-10-7-6-8-11-20/h6-8,10-11,19,21-22,24H,9,12-14,16,18H2,1-5H3/t19-,21+,22+,24-,27+/m0/s1. The maximum absolute atomic E-state index is 13.0. The Balaban J connectivity index is 1.69. The summed E-state index contributed by atoms with van der Waals surface area (Å²) in [6.45, 7) is 8.07. The number of carbonyl (C=O) groups excluding carboxylic acids is 2. The highest BCUT2D eigenvalue weighted by Gasteiger charge is 2.54. The molecule has 174 valence electrons. The van der Waals surface area contributed by atoms with Crippen LogP contribution < -0.4 is 0 Å². The summed E-state index contributed by atoms with van der Waals surface area (Å²) < 4.78 is 16.5. The Kier molecular flexibility index (Phi) is 7.79. The highest BCUT2D eigenvalue weighted by Crippen LogP contribution is 2.58. The van der Waals surface area contributed by atoms with Crippen LogP contribution in [0.2, 0.25) is 0 Å². The van der Waals surface area contributed by atoms with Crippen molar-refractivity contribution < 1.29 is 23.8 Å². The van der Waals surface area contributed by atoms with Gasteiger partial charge >= 0.3 is 5.97 Å². The normalized spacial score (nSPS) is 28.2. The number of carbonyl (C=O) groups is 2. The minimum Gasteiger partial charge on any atom is -0.458 e. The van der Waals surface area contributed by atoms with Gasteiger partial charge in [-0.05, 0) is 75.3 Å². The van der Waals surface area contributed by atoms with Gasteiger partial charge in [-0.2, -0.15) is 0 Å². The Morgan fingerprint density at radius 2 is 1.91 bits per heavy atom. The first-order chi connectivity index (χ1) is 15.2. The second-order valence-electron chi connectivity index (χ2n) is 9.96. The smallest absolute Gasteiger partial charge is 0.338 e. The minimum atomic E-state index is -0.741. The Labute approximate surface area is 192 Å². The van der Waals surface area contributed by atoms with Crippen molar-refractivity contribution in [2.75, 3.05) is 13.9 Å². The third-order valence-electron chi connectivity index (χ3n) is 7.45.